The van der Waals surface area contributed by atoms with E-state index in [1.54, 1.807) is 25.1 Å². The number of rotatable bonds is 2. The van der Waals surface area contributed by atoms with Crippen LogP contribution in [0.4, 0.5) is 0 Å². The Morgan fingerprint density at radius 1 is 1.14 bits per heavy atom. The van der Waals surface area contributed by atoms with E-state index in [4.69, 9.17) is 4.74 Å². The van der Waals surface area contributed by atoms with Crippen LogP contribution in [0.2, 0.25) is 0 Å². The number of carbonyl (C=O) groups excluding carboxylic acids is 2. The van der Waals surface area contributed by atoms with E-state index in [0.29, 0.717) is 42.6 Å². The van der Waals surface area contributed by atoms with Crippen molar-refractivity contribution in [1.82, 2.24) is 5.32 Å². The normalized spacial score (nSPS) is 18.0. The minimum absolute atomic E-state index is 0.0493. The van der Waals surface area contributed by atoms with E-state index in [1.165, 1.54) is 7.11 Å². The zero-order valence-electron chi connectivity index (χ0n) is 15.0. The van der Waals surface area contributed by atoms with Crippen LogP contribution in [0.25, 0.3) is 5.70 Å². The molecule has 2 N–H and O–H groups in total. The Balaban J connectivity index is 1.99. The van der Waals surface area contributed by atoms with Crippen molar-refractivity contribution in [3.05, 3.63) is 78.9 Å². The molecule has 1 aliphatic heterocycles. The maximum Gasteiger partial charge on any atom is 0.336 e. The van der Waals surface area contributed by atoms with Gasteiger partial charge >= 0.3 is 5.97 Å². The summed E-state index contributed by atoms with van der Waals surface area (Å²) in [6.07, 6.45) is 0. The summed E-state index contributed by atoms with van der Waals surface area (Å²) in [7, 11) is 1.32. The number of benzene rings is 2. The molecule has 0 radical (unpaired) electrons. The number of dihydropyridines is 1. The lowest BCUT2D eigenvalue weighted by Crippen LogP contribution is -2.29. The van der Waals surface area contributed by atoms with E-state index in [0.717, 1.165) is 5.56 Å². The molecule has 1 atom stereocenters. The number of halogens is 2. The van der Waals surface area contributed by atoms with Gasteiger partial charge < -0.3 is 15.2 Å². The molecule has 2 aliphatic rings. The van der Waals surface area contributed by atoms with Gasteiger partial charge in [-0.25, -0.2) is 4.79 Å². The highest BCUT2D eigenvalue weighted by Crippen LogP contribution is 2.48. The zero-order chi connectivity index (χ0) is 20.2. The lowest BCUT2D eigenvalue weighted by atomic mass is 9.80. The van der Waals surface area contributed by atoms with Crippen LogP contribution < -0.4 is 5.32 Å². The average Bonchev–Trinajstić information content (AvgIpc) is 2.96. The molecule has 1 aliphatic carbocycles. The number of esters is 1. The number of hydrogen-bond acceptors (Lipinski definition) is 5. The van der Waals surface area contributed by atoms with Gasteiger partial charge in [0, 0.05) is 28.3 Å². The molecule has 0 unspecified atom stereocenters. The number of phenolic OH excluding ortho intramolecular Hbond substituents is 1. The lowest BCUT2D eigenvalue weighted by molar-refractivity contribution is -0.136. The van der Waals surface area contributed by atoms with Crippen molar-refractivity contribution in [2.24, 2.45) is 0 Å². The predicted octanol–water partition coefficient (Wildman–Crippen LogP) is 4.66. The van der Waals surface area contributed by atoms with Crippen molar-refractivity contribution >= 4 is 49.3 Å². The van der Waals surface area contributed by atoms with Gasteiger partial charge in [0.1, 0.15) is 5.75 Å². The Hall–Kier alpha value is -2.38. The maximum absolute atomic E-state index is 13.3. The average molecular weight is 505 g/mol. The topological polar surface area (TPSA) is 75.6 Å². The number of carbonyl (C=O) groups is 2. The molecule has 2 aromatic rings. The van der Waals surface area contributed by atoms with Crippen molar-refractivity contribution in [3.8, 4) is 5.75 Å². The van der Waals surface area contributed by atoms with Crippen molar-refractivity contribution in [2.45, 2.75) is 12.8 Å². The summed E-state index contributed by atoms with van der Waals surface area (Å²) in [5.74, 6) is -1.21. The van der Waals surface area contributed by atoms with Crippen molar-refractivity contribution in [3.63, 3.8) is 0 Å². The number of ketones is 1. The molecular formula is C21H15Br2NO4. The van der Waals surface area contributed by atoms with Gasteiger partial charge in [-0.1, -0.05) is 24.3 Å². The molecule has 7 heteroatoms. The van der Waals surface area contributed by atoms with Gasteiger partial charge in [-0.3, -0.25) is 4.79 Å². The first-order valence-corrected chi connectivity index (χ1v) is 10.1. The minimum atomic E-state index is -0.628. The Labute approximate surface area is 178 Å². The third-order valence-electron chi connectivity index (χ3n) is 5.03. The quantitative estimate of drug-likeness (QED) is 0.582. The predicted molar refractivity (Wildman–Crippen MR) is 112 cm³/mol. The first-order valence-electron chi connectivity index (χ1n) is 8.47. The number of allylic oxidation sites excluding steroid dienone is 2. The standard InChI is InChI=1S/C21H15Br2NO4/c1-9-15(21(27)28-2)16(10-7-13(22)20(26)14(23)8-10)17-18(24-9)11-5-3-4-6-12(11)19(17)25/h3-8,16,24,26H,1-2H3/t16-/m1/s1. The van der Waals surface area contributed by atoms with E-state index in [1.807, 2.05) is 18.2 Å². The summed E-state index contributed by atoms with van der Waals surface area (Å²) < 4.78 is 5.93. The van der Waals surface area contributed by atoms with Crippen molar-refractivity contribution < 1.29 is 19.4 Å². The summed E-state index contributed by atoms with van der Waals surface area (Å²) >= 11 is 6.68. The molecule has 0 aromatic heterocycles. The summed E-state index contributed by atoms with van der Waals surface area (Å²) in [5, 5.41) is 13.3. The largest absolute Gasteiger partial charge is 0.506 e. The highest BCUT2D eigenvalue weighted by atomic mass is 79.9. The van der Waals surface area contributed by atoms with Crippen LogP contribution in [-0.2, 0) is 9.53 Å². The molecule has 142 valence electrons. The second-order valence-corrected chi connectivity index (χ2v) is 8.29. The fourth-order valence-corrected chi connectivity index (χ4v) is 5.02. The number of Topliss-reactive ketones (excluding diaryl/α,β-unsaturated/α-hetero) is 1. The highest BCUT2D eigenvalue weighted by molar-refractivity contribution is 9.11. The van der Waals surface area contributed by atoms with Gasteiger partial charge in [-0.2, -0.15) is 0 Å². The highest BCUT2D eigenvalue weighted by Gasteiger charge is 2.43. The molecule has 5 nitrogen and oxygen atoms in total. The first kappa shape index (κ1) is 19.0. The lowest BCUT2D eigenvalue weighted by Gasteiger charge is -2.29. The van der Waals surface area contributed by atoms with E-state index in [2.05, 4.69) is 37.2 Å². The van der Waals surface area contributed by atoms with Crippen LogP contribution in [0.15, 0.2) is 62.2 Å². The molecule has 0 amide bonds. The third kappa shape index (κ3) is 2.72. The van der Waals surface area contributed by atoms with Gasteiger partial charge in [0.05, 0.1) is 27.3 Å². The fourth-order valence-electron chi connectivity index (χ4n) is 3.79. The minimum Gasteiger partial charge on any atom is -0.506 e. The number of nitrogens with one attached hydrogen (secondary N) is 1. The first-order chi connectivity index (χ1) is 13.3. The molecular weight excluding hydrogens is 490 g/mol. The van der Waals surface area contributed by atoms with Gasteiger partial charge in [-0.15, -0.1) is 0 Å². The molecule has 0 bridgehead atoms. The van der Waals surface area contributed by atoms with Crippen LogP contribution in [0.3, 0.4) is 0 Å². The van der Waals surface area contributed by atoms with E-state index >= 15 is 0 Å². The Kier molecular flexibility index (Phi) is 4.67. The summed E-state index contributed by atoms with van der Waals surface area (Å²) in [6, 6.07) is 10.8. The van der Waals surface area contributed by atoms with Gasteiger partial charge in [-0.05, 0) is 56.5 Å². The Morgan fingerprint density at radius 3 is 2.36 bits per heavy atom. The second kappa shape index (κ2) is 6.90. The van der Waals surface area contributed by atoms with Crippen molar-refractivity contribution in [1.29, 1.82) is 0 Å². The van der Waals surface area contributed by atoms with Crippen LogP contribution in [0.1, 0.15) is 34.3 Å². The number of phenols is 1. The molecule has 0 saturated heterocycles. The van der Waals surface area contributed by atoms with Gasteiger partial charge in [0.15, 0.2) is 5.78 Å². The van der Waals surface area contributed by atoms with E-state index in [9.17, 15) is 14.7 Å². The molecule has 1 heterocycles. The fraction of sp³-hybridized carbons (Fsp3) is 0.143. The van der Waals surface area contributed by atoms with Crippen LogP contribution >= 0.6 is 31.9 Å². The molecule has 0 spiro atoms. The maximum atomic E-state index is 13.3. The molecule has 4 rings (SSSR count). The summed E-state index contributed by atoms with van der Waals surface area (Å²) in [5.41, 5.74) is 4.29. The van der Waals surface area contributed by atoms with Gasteiger partial charge in [0.25, 0.3) is 0 Å². The molecule has 2 aromatic carbocycles. The smallest absolute Gasteiger partial charge is 0.336 e. The SMILES string of the molecule is COC(=O)C1=C(C)NC2=C(C(=O)c3ccccc32)[C@@H]1c1cc(Br)c(O)c(Br)c1. The number of methoxy groups -OCH3 is 1. The third-order valence-corrected chi connectivity index (χ3v) is 6.24. The van der Waals surface area contributed by atoms with Crippen molar-refractivity contribution in [2.75, 3.05) is 7.11 Å². The summed E-state index contributed by atoms with van der Waals surface area (Å²) in [4.78, 5) is 25.9. The Morgan fingerprint density at radius 2 is 1.75 bits per heavy atom. The number of ether oxygens (including phenoxy) is 1. The molecule has 0 fully saturated rings. The summed E-state index contributed by atoms with van der Waals surface area (Å²) in [6.45, 7) is 1.79. The van der Waals surface area contributed by atoms with Crippen LogP contribution in [0, 0.1) is 0 Å². The van der Waals surface area contributed by atoms with E-state index in [-0.39, 0.29) is 11.5 Å². The number of aromatic hydroxyl groups is 1. The van der Waals surface area contributed by atoms with Crippen LogP contribution in [0.5, 0.6) is 5.75 Å². The number of fused-ring (bicyclic) bond motifs is 2. The zero-order valence-corrected chi connectivity index (χ0v) is 18.1. The number of hydrogen-bond donors (Lipinski definition) is 2. The second-order valence-electron chi connectivity index (χ2n) is 6.58. The van der Waals surface area contributed by atoms with Crippen LogP contribution in [-0.4, -0.2) is 24.0 Å². The molecule has 0 saturated carbocycles. The Bertz CT molecular complexity index is 1090. The van der Waals surface area contributed by atoms with Gasteiger partial charge in [0.2, 0.25) is 0 Å². The van der Waals surface area contributed by atoms with E-state index < -0.39 is 11.9 Å². The monoisotopic (exact) mass is 503 g/mol. The molecule has 28 heavy (non-hydrogen) atoms.